The minimum absolute atomic E-state index is 0.222. The minimum Gasteiger partial charge on any atom is -0.252 e. The van der Waals surface area contributed by atoms with Gasteiger partial charge < -0.3 is 0 Å². The molecular weight excluding hydrogens is 189 g/mol. The van der Waals surface area contributed by atoms with Crippen molar-refractivity contribution in [1.29, 1.82) is 0 Å². The molecule has 2 heteroatoms. The van der Waals surface area contributed by atoms with E-state index in [1.165, 1.54) is 23.3 Å². The fraction of sp³-hybridized carbons (Fsp3) is 0.308. The van der Waals surface area contributed by atoms with Crippen molar-refractivity contribution >= 4 is 10.9 Å². The molecule has 1 nitrogen and oxygen atoms in total. The van der Waals surface area contributed by atoms with Gasteiger partial charge in [0.05, 0.1) is 5.52 Å². The number of hydrogen-bond donors (Lipinski definition) is 0. The number of aromatic nitrogens is 1. The number of nitrogens with zero attached hydrogens (tertiary/aromatic N) is 1. The van der Waals surface area contributed by atoms with Crippen LogP contribution >= 0.6 is 0 Å². The van der Waals surface area contributed by atoms with Gasteiger partial charge in [-0.3, -0.25) is 4.98 Å². The van der Waals surface area contributed by atoms with Gasteiger partial charge >= 0.3 is 0 Å². The Morgan fingerprint density at radius 1 is 1.20 bits per heavy atom. The molecule has 1 heterocycles. The Bertz CT molecular complexity index is 517. The number of aryl methyl sites for hydroxylation is 2. The average Bonchev–Trinajstić information content (AvgIpc) is 2.23. The Labute approximate surface area is 89.0 Å². The van der Waals surface area contributed by atoms with Gasteiger partial charge in [0.25, 0.3) is 0 Å². The van der Waals surface area contributed by atoms with Crippen LogP contribution in [0.2, 0.25) is 0 Å². The summed E-state index contributed by atoms with van der Waals surface area (Å²) in [7, 11) is 0. The fourth-order valence-electron chi connectivity index (χ4n) is 1.91. The van der Waals surface area contributed by atoms with Gasteiger partial charge in [0.1, 0.15) is 5.82 Å². The third kappa shape index (κ3) is 1.60. The van der Waals surface area contributed by atoms with Crippen molar-refractivity contribution in [1.82, 2.24) is 4.98 Å². The second-order valence-corrected chi connectivity index (χ2v) is 3.82. The Morgan fingerprint density at radius 3 is 2.60 bits per heavy atom. The molecule has 0 N–H and O–H groups in total. The maximum atomic E-state index is 13.1. The van der Waals surface area contributed by atoms with Crippen LogP contribution in [-0.2, 0) is 6.42 Å². The first-order valence-corrected chi connectivity index (χ1v) is 5.18. The molecular formula is C13H14FN. The highest BCUT2D eigenvalue weighted by Crippen LogP contribution is 2.23. The molecule has 0 spiro atoms. The molecule has 0 amide bonds. The van der Waals surface area contributed by atoms with Crippen LogP contribution in [0.4, 0.5) is 4.39 Å². The van der Waals surface area contributed by atoms with E-state index >= 15 is 0 Å². The zero-order valence-electron chi connectivity index (χ0n) is 9.26. The van der Waals surface area contributed by atoms with Crippen LogP contribution in [0.25, 0.3) is 10.9 Å². The molecule has 0 unspecified atom stereocenters. The Kier molecular flexibility index (Phi) is 2.43. The summed E-state index contributed by atoms with van der Waals surface area (Å²) in [5.41, 5.74) is 4.24. The molecule has 78 valence electrons. The van der Waals surface area contributed by atoms with Crippen LogP contribution in [-0.4, -0.2) is 4.98 Å². The number of fused-ring (bicyclic) bond motifs is 1. The molecule has 0 aliphatic rings. The molecule has 1 aromatic carbocycles. The molecule has 0 aliphatic heterocycles. The summed E-state index contributed by atoms with van der Waals surface area (Å²) in [6.07, 6.45) is 0.888. The lowest BCUT2D eigenvalue weighted by molar-refractivity contribution is 0.629. The van der Waals surface area contributed by atoms with Crippen molar-refractivity contribution in [2.24, 2.45) is 0 Å². The molecule has 1 aromatic heterocycles. The van der Waals surface area contributed by atoms with Crippen molar-refractivity contribution in [3.05, 3.63) is 40.8 Å². The summed E-state index contributed by atoms with van der Waals surface area (Å²) in [6.45, 7) is 6.21. The van der Waals surface area contributed by atoms with Crippen molar-refractivity contribution in [3.8, 4) is 0 Å². The number of hydrogen-bond acceptors (Lipinski definition) is 1. The van der Waals surface area contributed by atoms with E-state index in [9.17, 15) is 4.39 Å². The molecule has 0 atom stereocenters. The lowest BCUT2D eigenvalue weighted by Gasteiger charge is -2.09. The SMILES string of the molecule is CCc1nc2cc(F)ccc2c(C)c1C. The lowest BCUT2D eigenvalue weighted by atomic mass is 10.0. The van der Waals surface area contributed by atoms with Crippen LogP contribution < -0.4 is 0 Å². The zero-order chi connectivity index (χ0) is 11.0. The van der Waals surface area contributed by atoms with Crippen molar-refractivity contribution in [2.75, 3.05) is 0 Å². The first kappa shape index (κ1) is 10.1. The summed E-state index contributed by atoms with van der Waals surface area (Å²) < 4.78 is 13.1. The molecule has 0 saturated carbocycles. The number of benzene rings is 1. The largest absolute Gasteiger partial charge is 0.252 e. The zero-order valence-corrected chi connectivity index (χ0v) is 9.26. The Balaban J connectivity index is 2.84. The topological polar surface area (TPSA) is 12.9 Å². The number of pyridine rings is 1. The van der Waals surface area contributed by atoms with Gasteiger partial charge in [-0.25, -0.2) is 4.39 Å². The first-order valence-electron chi connectivity index (χ1n) is 5.18. The van der Waals surface area contributed by atoms with Gasteiger partial charge in [0.15, 0.2) is 0 Å². The Hall–Kier alpha value is -1.44. The van der Waals surface area contributed by atoms with E-state index in [1.807, 2.05) is 0 Å². The summed E-state index contributed by atoms with van der Waals surface area (Å²) in [5.74, 6) is -0.222. The van der Waals surface area contributed by atoms with E-state index in [-0.39, 0.29) is 5.82 Å². The maximum absolute atomic E-state index is 13.1. The van der Waals surface area contributed by atoms with Crippen molar-refractivity contribution in [3.63, 3.8) is 0 Å². The van der Waals surface area contributed by atoms with E-state index in [1.54, 1.807) is 6.07 Å². The molecule has 0 bridgehead atoms. The van der Waals surface area contributed by atoms with E-state index < -0.39 is 0 Å². The predicted octanol–water partition coefficient (Wildman–Crippen LogP) is 3.55. The van der Waals surface area contributed by atoms with E-state index in [0.29, 0.717) is 0 Å². The monoisotopic (exact) mass is 203 g/mol. The molecule has 0 saturated heterocycles. The fourth-order valence-corrected chi connectivity index (χ4v) is 1.91. The molecule has 15 heavy (non-hydrogen) atoms. The summed E-state index contributed by atoms with van der Waals surface area (Å²) in [6, 6.07) is 4.79. The Morgan fingerprint density at radius 2 is 1.93 bits per heavy atom. The highest BCUT2D eigenvalue weighted by molar-refractivity contribution is 5.83. The van der Waals surface area contributed by atoms with Gasteiger partial charge in [0, 0.05) is 17.1 Å². The highest BCUT2D eigenvalue weighted by atomic mass is 19.1. The second-order valence-electron chi connectivity index (χ2n) is 3.82. The van der Waals surface area contributed by atoms with Crippen molar-refractivity contribution in [2.45, 2.75) is 27.2 Å². The molecule has 0 aliphatic carbocycles. The minimum atomic E-state index is -0.222. The highest BCUT2D eigenvalue weighted by Gasteiger charge is 2.07. The van der Waals surface area contributed by atoms with E-state index in [4.69, 9.17) is 0 Å². The quantitative estimate of drug-likeness (QED) is 0.690. The van der Waals surface area contributed by atoms with Crippen LogP contribution in [0.1, 0.15) is 23.7 Å². The summed E-state index contributed by atoms with van der Waals surface area (Å²) >= 11 is 0. The molecule has 0 fully saturated rings. The average molecular weight is 203 g/mol. The van der Waals surface area contributed by atoms with E-state index in [2.05, 4.69) is 25.8 Å². The molecule has 2 aromatic rings. The number of rotatable bonds is 1. The van der Waals surface area contributed by atoms with Gasteiger partial charge in [-0.1, -0.05) is 6.92 Å². The van der Waals surface area contributed by atoms with Gasteiger partial charge in [0.2, 0.25) is 0 Å². The van der Waals surface area contributed by atoms with Crippen molar-refractivity contribution < 1.29 is 4.39 Å². The first-order chi connectivity index (χ1) is 7.13. The normalized spacial score (nSPS) is 10.9. The second kappa shape index (κ2) is 3.61. The van der Waals surface area contributed by atoms with Crippen LogP contribution in [0.15, 0.2) is 18.2 Å². The van der Waals surface area contributed by atoms with Crippen LogP contribution in [0, 0.1) is 19.7 Å². The molecule has 2 rings (SSSR count). The maximum Gasteiger partial charge on any atom is 0.125 e. The third-order valence-electron chi connectivity index (χ3n) is 2.95. The van der Waals surface area contributed by atoms with E-state index in [0.717, 1.165) is 23.0 Å². The summed E-state index contributed by atoms with van der Waals surface area (Å²) in [5, 5.41) is 1.05. The van der Waals surface area contributed by atoms with Crippen LogP contribution in [0.3, 0.4) is 0 Å². The molecule has 0 radical (unpaired) electrons. The van der Waals surface area contributed by atoms with Gasteiger partial charge in [-0.05, 0) is 43.5 Å². The third-order valence-corrected chi connectivity index (χ3v) is 2.95. The van der Waals surface area contributed by atoms with Gasteiger partial charge in [-0.15, -0.1) is 0 Å². The van der Waals surface area contributed by atoms with Crippen LogP contribution in [0.5, 0.6) is 0 Å². The summed E-state index contributed by atoms with van der Waals surface area (Å²) in [4.78, 5) is 4.47. The number of halogens is 1. The standard InChI is InChI=1S/C13H14FN/c1-4-12-9(3)8(2)11-6-5-10(14)7-13(11)15-12/h5-7H,4H2,1-3H3. The lowest BCUT2D eigenvalue weighted by Crippen LogP contribution is -1.97. The van der Waals surface area contributed by atoms with Gasteiger partial charge in [-0.2, -0.15) is 0 Å². The predicted molar refractivity (Wildman–Crippen MR) is 60.6 cm³/mol. The smallest absolute Gasteiger partial charge is 0.125 e.